The molecule has 1 heterocycles. The second kappa shape index (κ2) is 6.04. The highest BCUT2D eigenvalue weighted by molar-refractivity contribution is 5.93. The third kappa shape index (κ3) is 3.56. The van der Waals surface area contributed by atoms with Gasteiger partial charge in [-0.3, -0.25) is 14.9 Å². The number of carbonyl (C=O) groups excluding carboxylic acids is 1. The Hall–Kier alpha value is -2.90. The maximum atomic E-state index is 11.9. The zero-order valence-corrected chi connectivity index (χ0v) is 11.4. The Labute approximate surface area is 119 Å². The first kappa shape index (κ1) is 14.5. The zero-order valence-electron chi connectivity index (χ0n) is 11.4. The molecule has 0 aliphatic rings. The molecule has 110 valence electrons. The summed E-state index contributed by atoms with van der Waals surface area (Å²) in [6.45, 7) is 3.18. The fourth-order valence-corrected chi connectivity index (χ4v) is 1.60. The van der Waals surface area contributed by atoms with E-state index in [4.69, 9.17) is 9.26 Å². The number of benzene rings is 1. The van der Waals surface area contributed by atoms with Crippen molar-refractivity contribution in [3.8, 4) is 5.75 Å². The first-order valence-electron chi connectivity index (χ1n) is 6.11. The average Bonchev–Trinajstić information content (AvgIpc) is 2.84. The van der Waals surface area contributed by atoms with E-state index < -0.39 is 16.9 Å². The minimum absolute atomic E-state index is 0.0292. The third-order valence-electron chi connectivity index (χ3n) is 2.61. The van der Waals surface area contributed by atoms with Crippen molar-refractivity contribution in [2.45, 2.75) is 20.0 Å². The summed E-state index contributed by atoms with van der Waals surface area (Å²) in [7, 11) is 0. The first-order chi connectivity index (χ1) is 9.97. The maximum absolute atomic E-state index is 11.9. The molecule has 0 bridgehead atoms. The number of nitro benzene ring substituents is 1. The molecule has 1 aromatic carbocycles. The number of anilines is 1. The van der Waals surface area contributed by atoms with E-state index >= 15 is 0 Å². The average molecular weight is 291 g/mol. The highest BCUT2D eigenvalue weighted by Gasteiger charge is 2.21. The number of carbonyl (C=O) groups is 1. The van der Waals surface area contributed by atoms with Gasteiger partial charge in [-0.25, -0.2) is 0 Å². The highest BCUT2D eigenvalue weighted by Crippen LogP contribution is 2.26. The number of aryl methyl sites for hydroxylation is 1. The third-order valence-corrected chi connectivity index (χ3v) is 2.61. The molecule has 8 heteroatoms. The molecule has 0 saturated heterocycles. The van der Waals surface area contributed by atoms with Crippen LogP contribution in [0.3, 0.4) is 0 Å². The van der Waals surface area contributed by atoms with Gasteiger partial charge in [-0.1, -0.05) is 17.3 Å². The number of nitro groups is 1. The lowest BCUT2D eigenvalue weighted by molar-refractivity contribution is -0.386. The second-order valence-electron chi connectivity index (χ2n) is 4.30. The molecule has 2 aromatic rings. The van der Waals surface area contributed by atoms with Gasteiger partial charge in [-0.05, 0) is 19.9 Å². The molecule has 21 heavy (non-hydrogen) atoms. The van der Waals surface area contributed by atoms with E-state index in [0.717, 1.165) is 0 Å². The van der Waals surface area contributed by atoms with E-state index in [0.29, 0.717) is 5.76 Å². The first-order valence-corrected chi connectivity index (χ1v) is 6.11. The standard InChI is InChI=1S/C13H13N3O5/c1-8-7-12(15-21-8)14-13(17)9(2)20-11-6-4-3-5-10(11)16(18)19/h3-7,9H,1-2H3,(H,14,15,17)/t9-/m1/s1. The predicted molar refractivity (Wildman–Crippen MR) is 73.1 cm³/mol. The summed E-state index contributed by atoms with van der Waals surface area (Å²) in [4.78, 5) is 22.2. The molecular formula is C13H13N3O5. The summed E-state index contributed by atoms with van der Waals surface area (Å²) < 4.78 is 10.2. The van der Waals surface area contributed by atoms with Gasteiger partial charge >= 0.3 is 5.69 Å². The monoisotopic (exact) mass is 291 g/mol. The molecule has 2 rings (SSSR count). The molecule has 0 fully saturated rings. The van der Waals surface area contributed by atoms with Crippen molar-refractivity contribution >= 4 is 17.4 Å². The van der Waals surface area contributed by atoms with E-state index in [1.165, 1.54) is 25.1 Å². The van der Waals surface area contributed by atoms with Crippen LogP contribution >= 0.6 is 0 Å². The van der Waals surface area contributed by atoms with Gasteiger partial charge in [0.1, 0.15) is 5.76 Å². The van der Waals surface area contributed by atoms with Crippen LogP contribution in [-0.4, -0.2) is 22.1 Å². The fourth-order valence-electron chi connectivity index (χ4n) is 1.60. The van der Waals surface area contributed by atoms with Crippen LogP contribution in [0.15, 0.2) is 34.9 Å². The van der Waals surface area contributed by atoms with Crippen molar-refractivity contribution in [3.63, 3.8) is 0 Å². The van der Waals surface area contributed by atoms with Crippen LogP contribution in [-0.2, 0) is 4.79 Å². The Bertz CT molecular complexity index is 667. The summed E-state index contributed by atoms with van der Waals surface area (Å²) in [5, 5.41) is 17.0. The number of hydrogen-bond donors (Lipinski definition) is 1. The van der Waals surface area contributed by atoms with Crippen molar-refractivity contribution in [2.24, 2.45) is 0 Å². The lowest BCUT2D eigenvalue weighted by Gasteiger charge is -2.13. The Kier molecular flexibility index (Phi) is 4.17. The molecule has 0 aliphatic heterocycles. The molecule has 8 nitrogen and oxygen atoms in total. The number of aromatic nitrogens is 1. The quantitative estimate of drug-likeness (QED) is 0.669. The van der Waals surface area contributed by atoms with Crippen molar-refractivity contribution in [1.29, 1.82) is 0 Å². The summed E-state index contributed by atoms with van der Waals surface area (Å²) in [5.41, 5.74) is -0.200. The molecule has 0 radical (unpaired) electrons. The predicted octanol–water partition coefficient (Wildman–Crippen LogP) is 2.30. The molecule has 0 spiro atoms. The minimum Gasteiger partial charge on any atom is -0.474 e. The molecule has 1 amide bonds. The van der Waals surface area contributed by atoms with Crippen LogP contribution in [0.5, 0.6) is 5.75 Å². The van der Waals surface area contributed by atoms with Gasteiger partial charge in [0.2, 0.25) is 0 Å². The number of amides is 1. The summed E-state index contributed by atoms with van der Waals surface area (Å²) >= 11 is 0. The normalized spacial score (nSPS) is 11.7. The topological polar surface area (TPSA) is 108 Å². The Morgan fingerprint density at radius 2 is 2.19 bits per heavy atom. The maximum Gasteiger partial charge on any atom is 0.310 e. The van der Waals surface area contributed by atoms with Gasteiger partial charge in [-0.2, -0.15) is 0 Å². The molecule has 1 atom stereocenters. The lowest BCUT2D eigenvalue weighted by atomic mass is 10.3. The second-order valence-corrected chi connectivity index (χ2v) is 4.30. The van der Waals surface area contributed by atoms with E-state index in [2.05, 4.69) is 10.5 Å². The van der Waals surface area contributed by atoms with Crippen molar-refractivity contribution in [3.05, 3.63) is 46.2 Å². The van der Waals surface area contributed by atoms with Gasteiger partial charge in [0.25, 0.3) is 5.91 Å². The van der Waals surface area contributed by atoms with E-state index in [-0.39, 0.29) is 17.3 Å². The minimum atomic E-state index is -0.928. The van der Waals surface area contributed by atoms with Crippen molar-refractivity contribution in [1.82, 2.24) is 5.16 Å². The number of ether oxygens (including phenoxy) is 1. The van der Waals surface area contributed by atoms with Crippen molar-refractivity contribution in [2.75, 3.05) is 5.32 Å². The molecule has 0 unspecified atom stereocenters. The zero-order chi connectivity index (χ0) is 15.4. The summed E-state index contributed by atoms with van der Waals surface area (Å²) in [6.07, 6.45) is -0.928. The summed E-state index contributed by atoms with van der Waals surface area (Å²) in [6, 6.07) is 7.40. The van der Waals surface area contributed by atoms with Gasteiger partial charge < -0.3 is 14.6 Å². The Morgan fingerprint density at radius 3 is 2.81 bits per heavy atom. The largest absolute Gasteiger partial charge is 0.474 e. The van der Waals surface area contributed by atoms with E-state index in [9.17, 15) is 14.9 Å². The molecular weight excluding hydrogens is 278 g/mol. The number of hydrogen-bond acceptors (Lipinski definition) is 6. The van der Waals surface area contributed by atoms with Gasteiger partial charge in [-0.15, -0.1) is 0 Å². The summed E-state index contributed by atoms with van der Waals surface area (Å²) in [5.74, 6) is 0.357. The van der Waals surface area contributed by atoms with E-state index in [1.54, 1.807) is 19.1 Å². The van der Waals surface area contributed by atoms with Crippen LogP contribution < -0.4 is 10.1 Å². The van der Waals surface area contributed by atoms with E-state index in [1.807, 2.05) is 0 Å². The number of nitrogens with one attached hydrogen (secondary N) is 1. The highest BCUT2D eigenvalue weighted by atomic mass is 16.6. The molecule has 0 aliphatic carbocycles. The van der Waals surface area contributed by atoms with Gasteiger partial charge in [0.15, 0.2) is 17.7 Å². The molecule has 1 N–H and O–H groups in total. The Morgan fingerprint density at radius 1 is 1.48 bits per heavy atom. The number of nitrogens with zero attached hydrogens (tertiary/aromatic N) is 2. The number of para-hydroxylation sites is 2. The van der Waals surface area contributed by atoms with Crippen LogP contribution in [0.4, 0.5) is 11.5 Å². The SMILES string of the molecule is Cc1cc(NC(=O)[C@@H](C)Oc2ccccc2[N+](=O)[O-])no1. The van der Waals surface area contributed by atoms with Gasteiger partial charge in [0.05, 0.1) is 4.92 Å². The van der Waals surface area contributed by atoms with Crippen LogP contribution in [0.25, 0.3) is 0 Å². The lowest BCUT2D eigenvalue weighted by Crippen LogP contribution is -2.30. The Balaban J connectivity index is 2.05. The van der Waals surface area contributed by atoms with Crippen LogP contribution in [0.2, 0.25) is 0 Å². The smallest absolute Gasteiger partial charge is 0.310 e. The fraction of sp³-hybridized carbons (Fsp3) is 0.231. The number of rotatable bonds is 5. The van der Waals surface area contributed by atoms with Crippen LogP contribution in [0, 0.1) is 17.0 Å². The van der Waals surface area contributed by atoms with Crippen molar-refractivity contribution < 1.29 is 19.0 Å². The molecule has 1 aromatic heterocycles. The van der Waals surface area contributed by atoms with Crippen LogP contribution in [0.1, 0.15) is 12.7 Å². The van der Waals surface area contributed by atoms with Gasteiger partial charge in [0, 0.05) is 12.1 Å². The molecule has 0 saturated carbocycles.